The van der Waals surface area contributed by atoms with Crippen LogP contribution in [0.25, 0.3) is 0 Å². The first-order chi connectivity index (χ1) is 14.5. The molecule has 8 nitrogen and oxygen atoms in total. The highest BCUT2D eigenvalue weighted by molar-refractivity contribution is 7.99. The molecule has 1 aromatic carbocycles. The largest absolute Gasteiger partial charge is 0.337 e. The Morgan fingerprint density at radius 3 is 2.73 bits per heavy atom. The monoisotopic (exact) mass is 418 g/mol. The van der Waals surface area contributed by atoms with Crippen molar-refractivity contribution in [2.24, 2.45) is 0 Å². The van der Waals surface area contributed by atoms with Crippen LogP contribution in [0.4, 0.5) is 5.69 Å². The average Bonchev–Trinajstić information content (AvgIpc) is 3.17. The van der Waals surface area contributed by atoms with Crippen molar-refractivity contribution in [3.05, 3.63) is 65.5 Å². The number of fused-ring (bicyclic) bond motifs is 1. The van der Waals surface area contributed by atoms with Gasteiger partial charge >= 0.3 is 0 Å². The smallest absolute Gasteiger partial charge is 0.291 e. The summed E-state index contributed by atoms with van der Waals surface area (Å²) in [4.78, 5) is 35.9. The second kappa shape index (κ2) is 8.39. The van der Waals surface area contributed by atoms with Gasteiger partial charge in [-0.15, -0.1) is 16.9 Å². The van der Waals surface area contributed by atoms with E-state index in [2.05, 4.69) is 37.3 Å². The molecular weight excluding hydrogens is 400 g/mol. The minimum atomic E-state index is -0.690. The van der Waals surface area contributed by atoms with Gasteiger partial charge in [-0.1, -0.05) is 11.8 Å². The van der Waals surface area contributed by atoms with E-state index >= 15 is 0 Å². The SMILES string of the molecule is Cc1nc(C(=O)N[C@H]2CSc3ccc(C#Cc4ccncc4)cc3N(C)C2=O)n[nH]1. The molecule has 0 bridgehead atoms. The van der Waals surface area contributed by atoms with Crippen LogP contribution in [0.5, 0.6) is 0 Å². The Morgan fingerprint density at radius 2 is 2.00 bits per heavy atom. The van der Waals surface area contributed by atoms with Crippen molar-refractivity contribution in [3.63, 3.8) is 0 Å². The minimum Gasteiger partial charge on any atom is -0.337 e. The summed E-state index contributed by atoms with van der Waals surface area (Å²) in [5.41, 5.74) is 2.42. The fourth-order valence-corrected chi connectivity index (χ4v) is 4.01. The van der Waals surface area contributed by atoms with Gasteiger partial charge in [-0.25, -0.2) is 4.98 Å². The number of carbonyl (C=O) groups is 2. The lowest BCUT2D eigenvalue weighted by atomic mass is 10.1. The number of nitrogens with one attached hydrogen (secondary N) is 2. The van der Waals surface area contributed by atoms with Gasteiger partial charge in [0.05, 0.1) is 5.69 Å². The lowest BCUT2D eigenvalue weighted by molar-refractivity contribution is -0.119. The standard InChI is InChI=1S/C21H18N6O2S/c1-13-23-19(26-25-13)20(28)24-16-12-30-18-6-5-15(11-17(18)27(2)21(16)29)4-3-14-7-9-22-10-8-14/h5-11,16H,12H2,1-2H3,(H,24,28)(H,23,25,26)/t16-/m0/s1. The maximum absolute atomic E-state index is 13.0. The number of carbonyl (C=O) groups excluding carboxylic acids is 2. The molecule has 0 saturated heterocycles. The molecular formula is C21H18N6O2S. The molecule has 0 radical (unpaired) electrons. The number of benzene rings is 1. The molecule has 1 aliphatic heterocycles. The highest BCUT2D eigenvalue weighted by atomic mass is 32.2. The van der Waals surface area contributed by atoms with Crippen LogP contribution in [-0.4, -0.2) is 50.8 Å². The van der Waals surface area contributed by atoms with Crippen LogP contribution >= 0.6 is 11.8 Å². The molecule has 0 aliphatic carbocycles. The van der Waals surface area contributed by atoms with Crippen molar-refractivity contribution in [2.75, 3.05) is 17.7 Å². The number of rotatable bonds is 2. The number of aromatic nitrogens is 4. The van der Waals surface area contributed by atoms with Crippen LogP contribution in [0.15, 0.2) is 47.6 Å². The van der Waals surface area contributed by atoms with Crippen LogP contribution < -0.4 is 10.2 Å². The Kier molecular flexibility index (Phi) is 5.50. The molecule has 2 N–H and O–H groups in total. The van der Waals surface area contributed by atoms with Crippen molar-refractivity contribution < 1.29 is 9.59 Å². The van der Waals surface area contributed by atoms with E-state index in [0.29, 0.717) is 11.6 Å². The first-order valence-electron chi connectivity index (χ1n) is 9.17. The third-order valence-electron chi connectivity index (χ3n) is 4.49. The number of likely N-dealkylation sites (N-methyl/N-ethyl adjacent to an activating group) is 1. The van der Waals surface area contributed by atoms with E-state index in [1.807, 2.05) is 30.3 Å². The molecule has 9 heteroatoms. The molecule has 0 spiro atoms. The van der Waals surface area contributed by atoms with Crippen molar-refractivity contribution in [3.8, 4) is 11.8 Å². The maximum Gasteiger partial charge on any atom is 0.291 e. The summed E-state index contributed by atoms with van der Waals surface area (Å²) < 4.78 is 0. The number of anilines is 1. The zero-order valence-electron chi connectivity index (χ0n) is 16.3. The van der Waals surface area contributed by atoms with Gasteiger partial charge in [-0.05, 0) is 37.3 Å². The van der Waals surface area contributed by atoms with Crippen LogP contribution in [-0.2, 0) is 4.79 Å². The fraction of sp³-hybridized carbons (Fsp3) is 0.190. The molecule has 1 aliphatic rings. The van der Waals surface area contributed by atoms with Gasteiger partial charge in [-0.3, -0.25) is 19.7 Å². The molecule has 0 fully saturated rings. The number of hydrogen-bond acceptors (Lipinski definition) is 6. The van der Waals surface area contributed by atoms with Gasteiger partial charge in [0.15, 0.2) is 0 Å². The van der Waals surface area contributed by atoms with Gasteiger partial charge < -0.3 is 10.2 Å². The Morgan fingerprint density at radius 1 is 1.23 bits per heavy atom. The van der Waals surface area contributed by atoms with E-state index in [4.69, 9.17) is 0 Å². The van der Waals surface area contributed by atoms with Crippen molar-refractivity contribution >= 4 is 29.3 Å². The van der Waals surface area contributed by atoms with E-state index in [9.17, 15) is 9.59 Å². The molecule has 0 saturated carbocycles. The highest BCUT2D eigenvalue weighted by Gasteiger charge is 2.30. The van der Waals surface area contributed by atoms with Gasteiger partial charge in [0, 0.05) is 41.2 Å². The molecule has 2 amide bonds. The molecule has 3 aromatic rings. The number of aromatic amines is 1. The number of aryl methyl sites for hydroxylation is 1. The topological polar surface area (TPSA) is 104 Å². The summed E-state index contributed by atoms with van der Waals surface area (Å²) in [6.07, 6.45) is 3.39. The van der Waals surface area contributed by atoms with Gasteiger partial charge in [0.2, 0.25) is 11.7 Å². The molecule has 4 rings (SSSR count). The zero-order valence-corrected chi connectivity index (χ0v) is 17.2. The molecule has 0 unspecified atom stereocenters. The van der Waals surface area contributed by atoms with Gasteiger partial charge in [-0.2, -0.15) is 0 Å². The van der Waals surface area contributed by atoms with E-state index < -0.39 is 11.9 Å². The first kappa shape index (κ1) is 19.7. The van der Waals surface area contributed by atoms with Crippen LogP contribution in [0.2, 0.25) is 0 Å². The number of H-pyrrole nitrogens is 1. The normalized spacial score (nSPS) is 15.6. The lowest BCUT2D eigenvalue weighted by Crippen LogP contribution is -2.48. The highest BCUT2D eigenvalue weighted by Crippen LogP contribution is 2.34. The third-order valence-corrected chi connectivity index (χ3v) is 5.65. The molecule has 1 atom stereocenters. The summed E-state index contributed by atoms with van der Waals surface area (Å²) >= 11 is 1.51. The molecule has 2 aromatic heterocycles. The van der Waals surface area contributed by atoms with Crippen molar-refractivity contribution in [2.45, 2.75) is 17.9 Å². The van der Waals surface area contributed by atoms with E-state index in [0.717, 1.165) is 21.7 Å². The van der Waals surface area contributed by atoms with Crippen LogP contribution in [0.1, 0.15) is 27.6 Å². The lowest BCUT2D eigenvalue weighted by Gasteiger charge is -2.21. The Balaban J connectivity index is 1.54. The summed E-state index contributed by atoms with van der Waals surface area (Å²) in [5, 5.41) is 9.21. The second-order valence-electron chi connectivity index (χ2n) is 6.65. The second-order valence-corrected chi connectivity index (χ2v) is 7.71. The van der Waals surface area contributed by atoms with Crippen LogP contribution in [0.3, 0.4) is 0 Å². The molecule has 30 heavy (non-hydrogen) atoms. The molecule has 3 heterocycles. The molecule has 150 valence electrons. The number of nitrogens with zero attached hydrogens (tertiary/aromatic N) is 4. The van der Waals surface area contributed by atoms with E-state index in [1.165, 1.54) is 11.8 Å². The van der Waals surface area contributed by atoms with Gasteiger partial charge in [0.25, 0.3) is 5.91 Å². The fourth-order valence-electron chi connectivity index (χ4n) is 2.93. The van der Waals surface area contributed by atoms with Crippen molar-refractivity contribution in [1.29, 1.82) is 0 Å². The Bertz CT molecular complexity index is 1160. The Hall–Kier alpha value is -3.64. The minimum absolute atomic E-state index is 0.0170. The number of pyridine rings is 1. The summed E-state index contributed by atoms with van der Waals surface area (Å²) in [6, 6.07) is 8.74. The Labute approximate surface area is 177 Å². The number of amides is 2. The number of thioether (sulfide) groups is 1. The summed E-state index contributed by atoms with van der Waals surface area (Å²) in [6.45, 7) is 1.70. The predicted molar refractivity (Wildman–Crippen MR) is 113 cm³/mol. The number of hydrogen-bond donors (Lipinski definition) is 2. The van der Waals surface area contributed by atoms with E-state index in [1.54, 1.807) is 31.3 Å². The quantitative estimate of drug-likeness (QED) is 0.615. The summed E-state index contributed by atoms with van der Waals surface area (Å²) in [7, 11) is 1.70. The first-order valence-corrected chi connectivity index (χ1v) is 10.2. The van der Waals surface area contributed by atoms with E-state index in [-0.39, 0.29) is 11.7 Å². The predicted octanol–water partition coefficient (Wildman–Crippen LogP) is 1.78. The van der Waals surface area contributed by atoms with Crippen molar-refractivity contribution in [1.82, 2.24) is 25.5 Å². The zero-order chi connectivity index (χ0) is 21.1. The third kappa shape index (κ3) is 4.18. The average molecular weight is 418 g/mol. The maximum atomic E-state index is 13.0. The van der Waals surface area contributed by atoms with Gasteiger partial charge in [0.1, 0.15) is 11.9 Å². The summed E-state index contributed by atoms with van der Waals surface area (Å²) in [5.74, 6) is 6.48. The van der Waals surface area contributed by atoms with Crippen LogP contribution in [0, 0.1) is 18.8 Å².